The molecule has 124 valence electrons. The van der Waals surface area contributed by atoms with Gasteiger partial charge in [-0.05, 0) is 106 Å². The van der Waals surface area contributed by atoms with Gasteiger partial charge in [-0.15, -0.1) is 0 Å². The summed E-state index contributed by atoms with van der Waals surface area (Å²) in [4.78, 5) is 0. The number of epoxide rings is 1. The molecule has 0 spiro atoms. The molecule has 0 N–H and O–H groups in total. The maximum absolute atomic E-state index is 5.91. The molecule has 5 fully saturated rings. The molecule has 1 heterocycles. The molecular weight excluding hydrogens is 268 g/mol. The van der Waals surface area contributed by atoms with Crippen molar-refractivity contribution < 1.29 is 4.74 Å². The highest BCUT2D eigenvalue weighted by Crippen LogP contribution is 2.54. The summed E-state index contributed by atoms with van der Waals surface area (Å²) in [6.45, 7) is 2.49. The van der Waals surface area contributed by atoms with Gasteiger partial charge in [-0.3, -0.25) is 0 Å². The van der Waals surface area contributed by atoms with E-state index in [4.69, 9.17) is 4.74 Å². The molecule has 1 heteroatoms. The summed E-state index contributed by atoms with van der Waals surface area (Å²) < 4.78 is 5.91. The van der Waals surface area contributed by atoms with Gasteiger partial charge < -0.3 is 4.74 Å². The van der Waals surface area contributed by atoms with Crippen LogP contribution in [0, 0.1) is 41.4 Å². The molecule has 0 amide bonds. The molecule has 5 aliphatic rings. The van der Waals surface area contributed by atoms with Crippen molar-refractivity contribution in [3.63, 3.8) is 0 Å². The van der Waals surface area contributed by atoms with Crippen LogP contribution >= 0.6 is 0 Å². The molecule has 0 bridgehead atoms. The lowest BCUT2D eigenvalue weighted by atomic mass is 9.59. The number of hydrogen-bond donors (Lipinski definition) is 0. The third-order valence-corrected chi connectivity index (χ3v) is 8.53. The second-order valence-corrected chi connectivity index (χ2v) is 9.73. The highest BCUT2D eigenvalue weighted by atomic mass is 16.6. The quantitative estimate of drug-likeness (QED) is 0.588. The van der Waals surface area contributed by atoms with E-state index in [1.165, 1.54) is 32.1 Å². The maximum atomic E-state index is 5.91. The minimum atomic E-state index is 0.692. The van der Waals surface area contributed by atoms with Crippen LogP contribution < -0.4 is 0 Å². The van der Waals surface area contributed by atoms with Gasteiger partial charge in [0.05, 0.1) is 12.2 Å². The Bertz CT molecular complexity index is 418. The van der Waals surface area contributed by atoms with Crippen molar-refractivity contribution in [3.8, 4) is 0 Å². The Balaban J connectivity index is 1.21. The largest absolute Gasteiger partial charge is 0.369 e. The van der Waals surface area contributed by atoms with Crippen molar-refractivity contribution in [2.75, 3.05) is 0 Å². The van der Waals surface area contributed by atoms with Crippen molar-refractivity contribution in [1.82, 2.24) is 0 Å². The summed E-state index contributed by atoms with van der Waals surface area (Å²) in [5.74, 6) is 7.39. The smallest absolute Gasteiger partial charge is 0.0872 e. The minimum Gasteiger partial charge on any atom is -0.369 e. The van der Waals surface area contributed by atoms with E-state index >= 15 is 0 Å². The predicted octanol–water partition coefficient (Wildman–Crippen LogP) is 5.43. The van der Waals surface area contributed by atoms with Gasteiger partial charge in [-0.2, -0.15) is 0 Å². The second-order valence-electron chi connectivity index (χ2n) is 9.73. The Hall–Kier alpha value is -0.0400. The van der Waals surface area contributed by atoms with E-state index in [-0.39, 0.29) is 0 Å². The third-order valence-electron chi connectivity index (χ3n) is 8.53. The fourth-order valence-corrected chi connectivity index (χ4v) is 7.25. The summed E-state index contributed by atoms with van der Waals surface area (Å²) in [7, 11) is 0. The van der Waals surface area contributed by atoms with Crippen LogP contribution in [0.4, 0.5) is 0 Å². The molecule has 22 heavy (non-hydrogen) atoms. The van der Waals surface area contributed by atoms with Crippen molar-refractivity contribution in [2.24, 2.45) is 41.4 Å². The van der Waals surface area contributed by atoms with Crippen LogP contribution in [0.5, 0.6) is 0 Å². The normalized spacial score (nSPS) is 57.4. The Labute approximate surface area is 136 Å². The molecular formula is C21H34O. The highest BCUT2D eigenvalue weighted by Gasteiger charge is 2.53. The lowest BCUT2D eigenvalue weighted by molar-refractivity contribution is 0.0405. The average Bonchev–Trinajstić information content (AvgIpc) is 3.34. The molecule has 0 aromatic rings. The average molecular weight is 303 g/mol. The SMILES string of the molecule is CC1CCC2CC(C3CCC4C(CCC5OC54)C3)CCC2C1. The van der Waals surface area contributed by atoms with Crippen molar-refractivity contribution in [2.45, 2.75) is 89.8 Å². The number of ether oxygens (including phenoxy) is 1. The van der Waals surface area contributed by atoms with Crippen molar-refractivity contribution in [1.29, 1.82) is 0 Å². The zero-order valence-electron chi connectivity index (χ0n) is 14.4. The summed E-state index contributed by atoms with van der Waals surface area (Å²) in [5.41, 5.74) is 0. The Kier molecular flexibility index (Phi) is 3.58. The fourth-order valence-electron chi connectivity index (χ4n) is 7.25. The summed E-state index contributed by atoms with van der Waals surface area (Å²) in [6.07, 6.45) is 18.2. The van der Waals surface area contributed by atoms with Crippen molar-refractivity contribution >= 4 is 0 Å². The van der Waals surface area contributed by atoms with Crippen LogP contribution in [0.15, 0.2) is 0 Å². The van der Waals surface area contributed by atoms with Gasteiger partial charge in [0.1, 0.15) is 0 Å². The van der Waals surface area contributed by atoms with E-state index in [0.717, 1.165) is 41.4 Å². The van der Waals surface area contributed by atoms with Crippen LogP contribution in [-0.4, -0.2) is 12.2 Å². The molecule has 9 unspecified atom stereocenters. The van der Waals surface area contributed by atoms with Crippen LogP contribution in [0.1, 0.15) is 77.6 Å². The zero-order chi connectivity index (χ0) is 14.7. The van der Waals surface area contributed by atoms with Crippen LogP contribution in [0.2, 0.25) is 0 Å². The van der Waals surface area contributed by atoms with Crippen LogP contribution in [-0.2, 0) is 4.74 Å². The molecule has 4 aliphatic carbocycles. The molecule has 1 saturated heterocycles. The van der Waals surface area contributed by atoms with E-state index in [9.17, 15) is 0 Å². The first kappa shape index (κ1) is 14.3. The first-order valence-electron chi connectivity index (χ1n) is 10.4. The molecule has 4 saturated carbocycles. The first-order chi connectivity index (χ1) is 10.8. The number of hydrogen-bond acceptors (Lipinski definition) is 1. The van der Waals surface area contributed by atoms with E-state index in [1.807, 2.05) is 0 Å². The lowest BCUT2D eigenvalue weighted by Gasteiger charge is -2.46. The molecule has 0 radical (unpaired) electrons. The monoisotopic (exact) mass is 302 g/mol. The molecule has 0 aromatic carbocycles. The van der Waals surface area contributed by atoms with E-state index < -0.39 is 0 Å². The Morgan fingerprint density at radius 2 is 1.18 bits per heavy atom. The number of rotatable bonds is 1. The molecule has 0 aromatic heterocycles. The number of fused-ring (bicyclic) bond motifs is 4. The third kappa shape index (κ3) is 2.46. The lowest BCUT2D eigenvalue weighted by Crippen LogP contribution is -2.38. The standard InChI is InChI=1S/C21H34O/c1-13-2-3-15-11-16(5-4-14(15)10-13)17-6-8-19-18(12-17)7-9-20-21(19)22-20/h13-21H,2-12H2,1H3. The summed E-state index contributed by atoms with van der Waals surface area (Å²) in [5, 5.41) is 0. The summed E-state index contributed by atoms with van der Waals surface area (Å²) >= 11 is 0. The predicted molar refractivity (Wildman–Crippen MR) is 89.6 cm³/mol. The van der Waals surface area contributed by atoms with E-state index in [2.05, 4.69) is 6.92 Å². The summed E-state index contributed by atoms with van der Waals surface area (Å²) in [6, 6.07) is 0. The van der Waals surface area contributed by atoms with Crippen LogP contribution in [0.3, 0.4) is 0 Å². The molecule has 5 rings (SSSR count). The topological polar surface area (TPSA) is 12.5 Å². The van der Waals surface area contributed by atoms with Crippen molar-refractivity contribution in [3.05, 3.63) is 0 Å². The Morgan fingerprint density at radius 1 is 0.591 bits per heavy atom. The molecule has 1 aliphatic heterocycles. The van der Waals surface area contributed by atoms with E-state index in [1.54, 1.807) is 38.5 Å². The van der Waals surface area contributed by atoms with Gasteiger partial charge in [-0.1, -0.05) is 13.3 Å². The molecule has 9 atom stereocenters. The van der Waals surface area contributed by atoms with Gasteiger partial charge in [0.2, 0.25) is 0 Å². The molecule has 1 nitrogen and oxygen atoms in total. The van der Waals surface area contributed by atoms with E-state index in [0.29, 0.717) is 12.2 Å². The minimum absolute atomic E-state index is 0.692. The van der Waals surface area contributed by atoms with Gasteiger partial charge in [0.15, 0.2) is 0 Å². The maximum Gasteiger partial charge on any atom is 0.0872 e. The van der Waals surface area contributed by atoms with Gasteiger partial charge >= 0.3 is 0 Å². The first-order valence-corrected chi connectivity index (χ1v) is 10.4. The fraction of sp³-hybridized carbons (Fsp3) is 1.00. The zero-order valence-corrected chi connectivity index (χ0v) is 14.4. The second kappa shape index (κ2) is 5.50. The van der Waals surface area contributed by atoms with Gasteiger partial charge in [-0.25, -0.2) is 0 Å². The van der Waals surface area contributed by atoms with Crippen LogP contribution in [0.25, 0.3) is 0 Å². The highest BCUT2D eigenvalue weighted by molar-refractivity contribution is 5.01. The van der Waals surface area contributed by atoms with Gasteiger partial charge in [0, 0.05) is 0 Å². The van der Waals surface area contributed by atoms with Gasteiger partial charge in [0.25, 0.3) is 0 Å². The Morgan fingerprint density at radius 3 is 2.00 bits per heavy atom.